The van der Waals surface area contributed by atoms with Crippen LogP contribution >= 0.6 is 24.8 Å². The second-order valence-corrected chi connectivity index (χ2v) is 6.90. The molecule has 2 aromatic rings. The van der Waals surface area contributed by atoms with Crippen molar-refractivity contribution in [2.75, 3.05) is 0 Å². The van der Waals surface area contributed by atoms with Gasteiger partial charge < -0.3 is 11.5 Å². The van der Waals surface area contributed by atoms with Crippen LogP contribution in [-0.4, -0.2) is 22.7 Å². The van der Waals surface area contributed by atoms with Gasteiger partial charge in [0.05, 0.1) is 0 Å². The minimum Gasteiger partial charge on any atom is -0.386 e. The molecule has 2 atom stereocenters. The van der Waals surface area contributed by atoms with Gasteiger partial charge in [0.15, 0.2) is 0 Å². The molecule has 6 N–H and O–H groups in total. The molecule has 2 rings (SSSR count). The van der Waals surface area contributed by atoms with E-state index in [4.69, 9.17) is 22.3 Å². The third kappa shape index (κ3) is 6.62. The van der Waals surface area contributed by atoms with Gasteiger partial charge in [0.1, 0.15) is 22.7 Å². The van der Waals surface area contributed by atoms with Crippen LogP contribution in [-0.2, 0) is 12.8 Å². The molecule has 0 amide bonds. The Bertz CT molecular complexity index is 729. The monoisotopic (exact) mass is 422 g/mol. The van der Waals surface area contributed by atoms with Crippen LogP contribution in [0, 0.1) is 10.8 Å². The molecular weight excluding hydrogens is 395 g/mol. The van der Waals surface area contributed by atoms with Crippen molar-refractivity contribution in [3.63, 3.8) is 0 Å². The molecule has 28 heavy (non-hydrogen) atoms. The zero-order valence-corrected chi connectivity index (χ0v) is 17.7. The van der Waals surface area contributed by atoms with E-state index < -0.39 is 11.1 Å². The summed E-state index contributed by atoms with van der Waals surface area (Å²) in [4.78, 5) is 0. The normalized spacial score (nSPS) is 14.8. The van der Waals surface area contributed by atoms with Gasteiger partial charge in [0.2, 0.25) is 0 Å². The number of nitrogens with one attached hydrogen (secondary N) is 2. The number of azo groups is 1. The molecule has 0 saturated heterocycles. The molecule has 0 saturated carbocycles. The van der Waals surface area contributed by atoms with Crippen molar-refractivity contribution in [2.24, 2.45) is 21.7 Å². The first-order valence-corrected chi connectivity index (χ1v) is 8.46. The van der Waals surface area contributed by atoms with Crippen molar-refractivity contribution >= 4 is 36.5 Å². The average molecular weight is 423 g/mol. The fraction of sp³-hybridized carbons (Fsp3) is 0.300. The summed E-state index contributed by atoms with van der Waals surface area (Å²) in [5.74, 6) is -0.147. The molecular formula is C20H28Cl2N6. The topological polar surface area (TPSA) is 124 Å². The van der Waals surface area contributed by atoms with Crippen LogP contribution in [0.15, 0.2) is 70.9 Å². The SMILES string of the molecule is CC(Cc1ccccc1)(N=NC(C)(Cc1ccccc1)C(=N)N)C(=N)N.Cl.Cl. The molecule has 0 heterocycles. The molecule has 0 aliphatic rings. The van der Waals surface area contributed by atoms with Crippen LogP contribution in [0.3, 0.4) is 0 Å². The maximum atomic E-state index is 7.97. The highest BCUT2D eigenvalue weighted by Crippen LogP contribution is 2.24. The Morgan fingerprint density at radius 2 is 1.00 bits per heavy atom. The molecule has 6 nitrogen and oxygen atoms in total. The van der Waals surface area contributed by atoms with Gasteiger partial charge >= 0.3 is 0 Å². The minimum absolute atomic E-state index is 0. The van der Waals surface area contributed by atoms with E-state index in [1.807, 2.05) is 60.7 Å². The molecule has 0 aliphatic carbocycles. The lowest BCUT2D eigenvalue weighted by Gasteiger charge is -2.27. The first kappa shape index (κ1) is 25.6. The molecule has 2 unspecified atom stereocenters. The van der Waals surface area contributed by atoms with E-state index in [0.717, 1.165) is 11.1 Å². The second kappa shape index (κ2) is 10.8. The first-order valence-electron chi connectivity index (χ1n) is 8.46. The maximum absolute atomic E-state index is 7.97. The maximum Gasteiger partial charge on any atom is 0.139 e. The zero-order chi connectivity index (χ0) is 19.2. The van der Waals surface area contributed by atoms with Gasteiger partial charge in [0, 0.05) is 12.8 Å². The standard InChI is InChI=1S/C20H26N6.2ClH/c1-19(17(21)22,13-15-9-5-3-6-10-15)25-26-20(2,18(23)24)14-16-11-7-4-8-12-16;;/h3-12H,13-14H2,1-2H3,(H3,21,22)(H3,23,24);2*1H. The Labute approximate surface area is 178 Å². The molecule has 0 radical (unpaired) electrons. The fourth-order valence-corrected chi connectivity index (χ4v) is 2.58. The summed E-state index contributed by atoms with van der Waals surface area (Å²) in [5.41, 5.74) is 11.7. The number of amidine groups is 2. The number of hydrogen-bond donors (Lipinski definition) is 4. The summed E-state index contributed by atoms with van der Waals surface area (Å²) < 4.78 is 0. The summed E-state index contributed by atoms with van der Waals surface area (Å²) in [7, 11) is 0. The number of rotatable bonds is 8. The molecule has 0 fully saturated rings. The van der Waals surface area contributed by atoms with Gasteiger partial charge in [-0.15, -0.1) is 24.8 Å². The fourth-order valence-electron chi connectivity index (χ4n) is 2.58. The van der Waals surface area contributed by atoms with E-state index in [0.29, 0.717) is 12.8 Å². The van der Waals surface area contributed by atoms with Crippen molar-refractivity contribution in [1.82, 2.24) is 0 Å². The largest absolute Gasteiger partial charge is 0.386 e. The number of nitrogens with zero attached hydrogens (tertiary/aromatic N) is 2. The average Bonchev–Trinajstić information content (AvgIpc) is 2.61. The van der Waals surface area contributed by atoms with Crippen LogP contribution in [0.25, 0.3) is 0 Å². The molecule has 8 heteroatoms. The minimum atomic E-state index is -0.991. The summed E-state index contributed by atoms with van der Waals surface area (Å²) in [5, 5.41) is 24.7. The van der Waals surface area contributed by atoms with E-state index >= 15 is 0 Å². The van der Waals surface area contributed by atoms with E-state index in [1.54, 1.807) is 13.8 Å². The highest BCUT2D eigenvalue weighted by molar-refractivity contribution is 5.88. The van der Waals surface area contributed by atoms with E-state index in [2.05, 4.69) is 10.2 Å². The Morgan fingerprint density at radius 1 is 0.714 bits per heavy atom. The number of nitrogens with two attached hydrogens (primary N) is 2. The van der Waals surface area contributed by atoms with E-state index in [9.17, 15) is 0 Å². The van der Waals surface area contributed by atoms with Gasteiger partial charge in [-0.1, -0.05) is 60.7 Å². The number of halogens is 2. The van der Waals surface area contributed by atoms with Crippen molar-refractivity contribution in [2.45, 2.75) is 37.8 Å². The smallest absolute Gasteiger partial charge is 0.139 e. The van der Waals surface area contributed by atoms with Crippen LogP contribution in [0.2, 0.25) is 0 Å². The van der Waals surface area contributed by atoms with Gasteiger partial charge in [-0.05, 0) is 25.0 Å². The second-order valence-electron chi connectivity index (χ2n) is 6.90. The lowest BCUT2D eigenvalue weighted by atomic mass is 9.91. The van der Waals surface area contributed by atoms with Crippen molar-refractivity contribution in [1.29, 1.82) is 10.8 Å². The molecule has 152 valence electrons. The Kier molecular flexibility index (Phi) is 9.84. The Morgan fingerprint density at radius 3 is 1.25 bits per heavy atom. The third-order valence-electron chi connectivity index (χ3n) is 4.43. The molecule has 2 aromatic carbocycles. The number of hydrogen-bond acceptors (Lipinski definition) is 4. The molecule has 0 spiro atoms. The zero-order valence-electron chi connectivity index (χ0n) is 16.1. The predicted octanol–water partition coefficient (Wildman–Crippen LogP) is 4.16. The van der Waals surface area contributed by atoms with Gasteiger partial charge in [-0.25, -0.2) is 0 Å². The quantitative estimate of drug-likeness (QED) is 0.289. The molecule has 0 bridgehead atoms. The van der Waals surface area contributed by atoms with Crippen LogP contribution < -0.4 is 11.5 Å². The summed E-state index contributed by atoms with van der Waals surface area (Å²) >= 11 is 0. The third-order valence-corrected chi connectivity index (χ3v) is 4.43. The Balaban J connectivity index is 0.00000364. The molecule has 0 aromatic heterocycles. The first-order chi connectivity index (χ1) is 12.3. The van der Waals surface area contributed by atoms with Gasteiger partial charge in [-0.2, -0.15) is 10.2 Å². The van der Waals surface area contributed by atoms with Crippen LogP contribution in [0.4, 0.5) is 0 Å². The predicted molar refractivity (Wildman–Crippen MR) is 120 cm³/mol. The van der Waals surface area contributed by atoms with E-state index in [-0.39, 0.29) is 36.5 Å². The highest BCUT2D eigenvalue weighted by Gasteiger charge is 2.33. The highest BCUT2D eigenvalue weighted by atomic mass is 35.5. The Hall–Kier alpha value is -2.44. The van der Waals surface area contributed by atoms with Gasteiger partial charge in [-0.3, -0.25) is 10.8 Å². The van der Waals surface area contributed by atoms with Gasteiger partial charge in [0.25, 0.3) is 0 Å². The van der Waals surface area contributed by atoms with Crippen molar-refractivity contribution in [3.8, 4) is 0 Å². The molecule has 0 aliphatic heterocycles. The van der Waals surface area contributed by atoms with Crippen molar-refractivity contribution in [3.05, 3.63) is 71.8 Å². The lowest BCUT2D eigenvalue weighted by Crippen LogP contribution is -2.44. The number of benzene rings is 2. The van der Waals surface area contributed by atoms with E-state index in [1.165, 1.54) is 0 Å². The lowest BCUT2D eigenvalue weighted by molar-refractivity contribution is 0.501. The van der Waals surface area contributed by atoms with Crippen LogP contribution in [0.5, 0.6) is 0 Å². The summed E-state index contributed by atoms with van der Waals surface area (Å²) in [6, 6.07) is 19.4. The van der Waals surface area contributed by atoms with Crippen molar-refractivity contribution < 1.29 is 0 Å². The summed E-state index contributed by atoms with van der Waals surface area (Å²) in [6.07, 6.45) is 0.901. The summed E-state index contributed by atoms with van der Waals surface area (Å²) in [6.45, 7) is 3.55. The van der Waals surface area contributed by atoms with Crippen LogP contribution in [0.1, 0.15) is 25.0 Å².